The predicted molar refractivity (Wildman–Crippen MR) is 107 cm³/mol. The number of aromatic nitrogens is 2. The molecule has 0 unspecified atom stereocenters. The number of fused-ring (bicyclic) bond motifs is 1. The Morgan fingerprint density at radius 2 is 2.10 bits per heavy atom. The van der Waals surface area contributed by atoms with Gasteiger partial charge in [-0.15, -0.1) is 0 Å². The fourth-order valence-electron chi connectivity index (χ4n) is 4.19. The largest absolute Gasteiger partial charge is 0.433 e. The van der Waals surface area contributed by atoms with Crippen LogP contribution in [0.1, 0.15) is 37.9 Å². The number of ether oxygens (including phenoxy) is 2. The Balaban J connectivity index is 1.73. The van der Waals surface area contributed by atoms with E-state index in [-0.39, 0.29) is 22.4 Å². The third-order valence-electron chi connectivity index (χ3n) is 5.67. The molecule has 2 aliphatic heterocycles. The van der Waals surface area contributed by atoms with E-state index in [0.717, 1.165) is 11.3 Å². The smallest absolute Gasteiger partial charge is 0.387 e. The zero-order chi connectivity index (χ0) is 21.5. The summed E-state index contributed by atoms with van der Waals surface area (Å²) in [5.41, 5.74) is 0.347. The Labute approximate surface area is 177 Å². The fourth-order valence-corrected chi connectivity index (χ4v) is 4.35. The molecule has 0 radical (unpaired) electrons. The number of piperidine rings is 1. The monoisotopic (exact) mass is 440 g/mol. The van der Waals surface area contributed by atoms with Crippen molar-refractivity contribution in [2.75, 3.05) is 18.4 Å². The highest BCUT2D eigenvalue weighted by atomic mass is 35.5. The fraction of sp³-hybridized carbons (Fsp3) is 0.500. The van der Waals surface area contributed by atoms with E-state index in [9.17, 15) is 13.6 Å². The van der Waals surface area contributed by atoms with E-state index in [2.05, 4.69) is 20.5 Å². The normalized spacial score (nSPS) is 19.5. The lowest BCUT2D eigenvalue weighted by atomic mass is 9.86. The molecule has 162 valence electrons. The molecule has 0 spiro atoms. The van der Waals surface area contributed by atoms with Gasteiger partial charge >= 0.3 is 6.61 Å². The summed E-state index contributed by atoms with van der Waals surface area (Å²) in [4.78, 5) is 13.6. The van der Waals surface area contributed by atoms with Gasteiger partial charge in [-0.2, -0.15) is 13.9 Å². The highest BCUT2D eigenvalue weighted by Gasteiger charge is 2.48. The quantitative estimate of drug-likeness (QED) is 0.742. The number of alkyl halides is 2. The minimum atomic E-state index is -3.04. The summed E-state index contributed by atoms with van der Waals surface area (Å²) in [6.45, 7) is 2.50. The summed E-state index contributed by atoms with van der Waals surface area (Å²) >= 11 is 5.92. The molecule has 1 aromatic heterocycles. The number of rotatable bonds is 5. The van der Waals surface area contributed by atoms with Gasteiger partial charge in [-0.05, 0) is 51.9 Å². The van der Waals surface area contributed by atoms with Gasteiger partial charge in [0.05, 0.1) is 24.2 Å². The Bertz CT molecular complexity index is 958. The van der Waals surface area contributed by atoms with Gasteiger partial charge in [-0.25, -0.2) is 0 Å². The first-order chi connectivity index (χ1) is 14.2. The van der Waals surface area contributed by atoms with Crippen LogP contribution in [0.2, 0.25) is 5.02 Å². The van der Waals surface area contributed by atoms with Crippen molar-refractivity contribution in [3.63, 3.8) is 0 Å². The van der Waals surface area contributed by atoms with E-state index in [1.807, 2.05) is 13.8 Å². The molecule has 30 heavy (non-hydrogen) atoms. The summed E-state index contributed by atoms with van der Waals surface area (Å²) in [5, 5.41) is 10.8. The van der Waals surface area contributed by atoms with Crippen LogP contribution in [0.5, 0.6) is 5.75 Å². The summed E-state index contributed by atoms with van der Waals surface area (Å²) in [6.07, 6.45) is 2.71. The Morgan fingerprint density at radius 3 is 2.80 bits per heavy atom. The maximum Gasteiger partial charge on any atom is 0.387 e. The molecular weight excluding hydrogens is 418 g/mol. The first-order valence-electron chi connectivity index (χ1n) is 9.71. The number of nitrogens with one attached hydrogen (secondary N) is 2. The second-order valence-corrected chi connectivity index (χ2v) is 8.42. The van der Waals surface area contributed by atoms with Crippen LogP contribution in [0.15, 0.2) is 24.4 Å². The summed E-state index contributed by atoms with van der Waals surface area (Å²) in [5.74, 6) is -0.539. The first-order valence-corrected chi connectivity index (χ1v) is 10.1. The molecule has 3 heterocycles. The minimum Gasteiger partial charge on any atom is -0.433 e. The lowest BCUT2D eigenvalue weighted by Crippen LogP contribution is -2.54. The molecule has 0 bridgehead atoms. The zero-order valence-corrected chi connectivity index (χ0v) is 17.4. The van der Waals surface area contributed by atoms with E-state index in [0.29, 0.717) is 32.5 Å². The van der Waals surface area contributed by atoms with Crippen molar-refractivity contribution in [3.05, 3.63) is 40.7 Å². The van der Waals surface area contributed by atoms with Gasteiger partial charge in [-0.1, -0.05) is 11.6 Å². The van der Waals surface area contributed by atoms with Gasteiger partial charge in [0.1, 0.15) is 11.1 Å². The molecule has 10 heteroatoms. The predicted octanol–water partition coefficient (Wildman–Crippen LogP) is 3.62. The van der Waals surface area contributed by atoms with Crippen LogP contribution in [-0.2, 0) is 27.3 Å². The molecule has 1 aromatic carbocycles. The van der Waals surface area contributed by atoms with Crippen molar-refractivity contribution in [1.29, 1.82) is 0 Å². The van der Waals surface area contributed by atoms with E-state index in [1.54, 1.807) is 10.9 Å². The maximum absolute atomic E-state index is 13.6. The first kappa shape index (κ1) is 21.0. The van der Waals surface area contributed by atoms with Crippen molar-refractivity contribution in [2.45, 2.75) is 51.0 Å². The molecule has 2 N–H and O–H groups in total. The van der Waals surface area contributed by atoms with Crippen molar-refractivity contribution >= 4 is 23.2 Å². The highest BCUT2D eigenvalue weighted by molar-refractivity contribution is 6.30. The number of hydrogen-bond donors (Lipinski definition) is 2. The molecule has 0 saturated carbocycles. The maximum atomic E-state index is 13.6. The van der Waals surface area contributed by atoms with Crippen molar-refractivity contribution in [1.82, 2.24) is 15.1 Å². The number of halogens is 3. The third-order valence-corrected chi connectivity index (χ3v) is 5.91. The number of amides is 1. The average Bonchev–Trinajstić information content (AvgIpc) is 3.25. The SMILES string of the molecule is CC1(C)OCc2cnn(C3(C(=O)Nc4ccc(Cl)cc4OC(F)F)CCNCC3)c21. The van der Waals surface area contributed by atoms with Crippen LogP contribution < -0.4 is 15.4 Å². The van der Waals surface area contributed by atoms with Gasteiger partial charge in [0.15, 0.2) is 5.75 Å². The van der Waals surface area contributed by atoms with Crippen molar-refractivity contribution in [3.8, 4) is 5.75 Å². The lowest BCUT2D eigenvalue weighted by Gasteiger charge is -2.39. The molecule has 7 nitrogen and oxygen atoms in total. The second-order valence-electron chi connectivity index (χ2n) is 7.98. The molecule has 1 amide bonds. The van der Waals surface area contributed by atoms with E-state index in [1.165, 1.54) is 18.2 Å². The molecule has 0 atom stereocenters. The van der Waals surface area contributed by atoms with Gasteiger partial charge < -0.3 is 20.1 Å². The highest BCUT2D eigenvalue weighted by Crippen LogP contribution is 2.41. The van der Waals surface area contributed by atoms with E-state index >= 15 is 0 Å². The van der Waals surface area contributed by atoms with Crippen LogP contribution in [-0.4, -0.2) is 35.4 Å². The number of nitrogens with zero attached hydrogens (tertiary/aromatic N) is 2. The number of carbonyl (C=O) groups excluding carboxylic acids is 1. The average molecular weight is 441 g/mol. The molecule has 2 aliphatic rings. The van der Waals surface area contributed by atoms with Gasteiger partial charge in [0, 0.05) is 16.7 Å². The topological polar surface area (TPSA) is 77.4 Å². The molecular formula is C20H23ClF2N4O3. The third kappa shape index (κ3) is 3.66. The number of hydrogen-bond acceptors (Lipinski definition) is 5. The summed E-state index contributed by atoms with van der Waals surface area (Å²) in [6, 6.07) is 4.21. The molecule has 1 fully saturated rings. The van der Waals surface area contributed by atoms with Crippen LogP contribution in [0.25, 0.3) is 0 Å². The zero-order valence-electron chi connectivity index (χ0n) is 16.7. The molecule has 1 saturated heterocycles. The number of anilines is 1. The van der Waals surface area contributed by atoms with E-state index in [4.69, 9.17) is 16.3 Å². The molecule has 0 aliphatic carbocycles. The minimum absolute atomic E-state index is 0.127. The number of benzene rings is 1. The standard InChI is InChI=1S/C20H23ClF2N4O3/c1-19(2)16-12(11-29-19)10-25-27(16)20(5-7-24-8-6-20)17(28)26-14-4-3-13(21)9-15(14)30-18(22)23/h3-4,9-10,18,24H,5-8,11H2,1-2H3,(H,26,28). The Hall–Kier alpha value is -2.23. The lowest BCUT2D eigenvalue weighted by molar-refractivity contribution is -0.127. The van der Waals surface area contributed by atoms with E-state index < -0.39 is 17.8 Å². The van der Waals surface area contributed by atoms with Gasteiger partial charge in [-0.3, -0.25) is 9.48 Å². The number of carbonyl (C=O) groups is 1. The van der Waals surface area contributed by atoms with Gasteiger partial charge in [0.2, 0.25) is 0 Å². The molecule has 4 rings (SSSR count). The van der Waals surface area contributed by atoms with Crippen LogP contribution in [0, 0.1) is 0 Å². The summed E-state index contributed by atoms with van der Waals surface area (Å²) in [7, 11) is 0. The van der Waals surface area contributed by atoms with Crippen molar-refractivity contribution < 1.29 is 23.0 Å². The van der Waals surface area contributed by atoms with Crippen LogP contribution in [0.4, 0.5) is 14.5 Å². The molecule has 2 aromatic rings. The Morgan fingerprint density at radius 1 is 1.37 bits per heavy atom. The summed E-state index contributed by atoms with van der Waals surface area (Å²) < 4.78 is 37.9. The van der Waals surface area contributed by atoms with Crippen LogP contribution in [0.3, 0.4) is 0 Å². The Kier molecular flexibility index (Phi) is 5.46. The van der Waals surface area contributed by atoms with Gasteiger partial charge in [0.25, 0.3) is 5.91 Å². The second kappa shape index (κ2) is 7.79. The van der Waals surface area contributed by atoms with Crippen molar-refractivity contribution in [2.24, 2.45) is 0 Å². The van der Waals surface area contributed by atoms with Crippen LogP contribution >= 0.6 is 11.6 Å².